The van der Waals surface area contributed by atoms with Gasteiger partial charge in [0.15, 0.2) is 5.17 Å². The second-order valence-electron chi connectivity index (χ2n) is 3.60. The van der Waals surface area contributed by atoms with Gasteiger partial charge in [-0.25, -0.2) is 14.2 Å². The molecule has 3 amide bonds. The molecule has 4 N–H and O–H groups in total. The van der Waals surface area contributed by atoms with Gasteiger partial charge in [0.2, 0.25) is 5.91 Å². The van der Waals surface area contributed by atoms with Crippen LogP contribution in [-0.2, 0) is 15.0 Å². The molecule has 0 bridgehead atoms. The van der Waals surface area contributed by atoms with Crippen molar-refractivity contribution < 1.29 is 18.0 Å². The summed E-state index contributed by atoms with van der Waals surface area (Å²) in [6.07, 6.45) is 0. The molecule has 1 saturated heterocycles. The Hall–Kier alpha value is -1.33. The Morgan fingerprint density at radius 3 is 2.78 bits per heavy atom. The monoisotopic (exact) mass is 293 g/mol. The highest BCUT2D eigenvalue weighted by Crippen LogP contribution is 2.10. The summed E-state index contributed by atoms with van der Waals surface area (Å²) in [6.45, 7) is 0.534. The zero-order chi connectivity index (χ0) is 13.3. The largest absolute Gasteiger partial charge is 0.339 e. The van der Waals surface area contributed by atoms with Crippen LogP contribution in [0, 0.1) is 0 Å². The van der Waals surface area contributed by atoms with E-state index in [1.165, 1.54) is 11.8 Å². The molecule has 0 radical (unpaired) electrons. The number of aliphatic imine (C=N–C) groups is 1. The molecular weight excluding hydrogens is 282 g/mol. The molecule has 0 aromatic carbocycles. The SMILES string of the molecule is NC1CN(C(=O)NS(=O)(=O)NC2=NCCS2)C1=O. The van der Waals surface area contributed by atoms with E-state index in [9.17, 15) is 18.0 Å². The van der Waals surface area contributed by atoms with Crippen molar-refractivity contribution in [3.8, 4) is 0 Å². The molecule has 1 atom stereocenters. The van der Waals surface area contributed by atoms with Gasteiger partial charge in [0.1, 0.15) is 6.04 Å². The summed E-state index contributed by atoms with van der Waals surface area (Å²) in [5.41, 5.74) is 5.29. The van der Waals surface area contributed by atoms with Gasteiger partial charge in [-0.1, -0.05) is 11.8 Å². The smallest absolute Gasteiger partial charge is 0.318 e. The van der Waals surface area contributed by atoms with Crippen LogP contribution in [0.1, 0.15) is 0 Å². The quantitative estimate of drug-likeness (QED) is 0.495. The highest BCUT2D eigenvalue weighted by molar-refractivity contribution is 8.15. The standard InChI is InChI=1S/C7H11N5O4S2/c8-4-3-12(5(4)13)7(14)11-18(15,16)10-6-9-1-2-17-6/h4H,1-3,8H2,(H,9,10)(H,11,14). The molecule has 1 unspecified atom stereocenters. The van der Waals surface area contributed by atoms with Crippen LogP contribution in [0.15, 0.2) is 4.99 Å². The number of rotatable bonds is 2. The van der Waals surface area contributed by atoms with E-state index in [0.717, 1.165) is 4.90 Å². The molecule has 1 fully saturated rings. The van der Waals surface area contributed by atoms with Gasteiger partial charge in [0.25, 0.3) is 0 Å². The Kier molecular flexibility index (Phi) is 3.45. The van der Waals surface area contributed by atoms with Crippen LogP contribution in [0.3, 0.4) is 0 Å². The number of carbonyl (C=O) groups excluding carboxylic acids is 2. The lowest BCUT2D eigenvalue weighted by molar-refractivity contribution is -0.137. The number of likely N-dealkylation sites (tertiary alicyclic amines) is 1. The number of nitrogens with zero attached hydrogens (tertiary/aromatic N) is 2. The number of urea groups is 1. The summed E-state index contributed by atoms with van der Waals surface area (Å²) in [4.78, 5) is 27.2. The first-order valence-electron chi connectivity index (χ1n) is 4.98. The first kappa shape index (κ1) is 13.1. The fourth-order valence-electron chi connectivity index (χ4n) is 1.34. The predicted molar refractivity (Wildman–Crippen MR) is 65.0 cm³/mol. The minimum atomic E-state index is -4.06. The van der Waals surface area contributed by atoms with Crippen molar-refractivity contribution >= 4 is 39.1 Å². The van der Waals surface area contributed by atoms with E-state index in [-0.39, 0.29) is 11.7 Å². The highest BCUT2D eigenvalue weighted by atomic mass is 32.2. The third kappa shape index (κ3) is 2.73. The first-order valence-corrected chi connectivity index (χ1v) is 7.44. The Morgan fingerprint density at radius 1 is 1.56 bits per heavy atom. The number of carbonyl (C=O) groups is 2. The maximum absolute atomic E-state index is 11.5. The van der Waals surface area contributed by atoms with E-state index in [4.69, 9.17) is 5.73 Å². The van der Waals surface area contributed by atoms with Crippen LogP contribution in [0.5, 0.6) is 0 Å². The molecule has 11 heteroatoms. The average molecular weight is 293 g/mol. The van der Waals surface area contributed by atoms with E-state index in [1.807, 2.05) is 0 Å². The summed E-state index contributed by atoms with van der Waals surface area (Å²) in [6, 6.07) is -1.75. The molecule has 9 nitrogen and oxygen atoms in total. The molecule has 2 heterocycles. The number of imide groups is 1. The van der Waals surface area contributed by atoms with Crippen molar-refractivity contribution in [2.75, 3.05) is 18.8 Å². The number of hydrogen-bond donors (Lipinski definition) is 3. The van der Waals surface area contributed by atoms with Crippen molar-refractivity contribution in [1.82, 2.24) is 14.3 Å². The molecule has 100 valence electrons. The van der Waals surface area contributed by atoms with E-state index in [0.29, 0.717) is 12.3 Å². The zero-order valence-electron chi connectivity index (χ0n) is 9.12. The van der Waals surface area contributed by atoms with E-state index in [1.54, 1.807) is 4.72 Å². The van der Waals surface area contributed by atoms with E-state index >= 15 is 0 Å². The average Bonchev–Trinajstić information content (AvgIpc) is 2.76. The third-order valence-corrected chi connectivity index (χ3v) is 4.16. The van der Waals surface area contributed by atoms with Crippen LogP contribution in [0.2, 0.25) is 0 Å². The minimum Gasteiger partial charge on any atom is -0.318 e. The van der Waals surface area contributed by atoms with Gasteiger partial charge in [-0.3, -0.25) is 14.7 Å². The fourth-order valence-corrected chi connectivity index (χ4v) is 3.15. The molecule has 2 aliphatic heterocycles. The van der Waals surface area contributed by atoms with Crippen LogP contribution in [0.25, 0.3) is 0 Å². The Bertz CT molecular complexity index is 516. The number of amides is 3. The summed E-state index contributed by atoms with van der Waals surface area (Å²) >= 11 is 1.23. The first-order chi connectivity index (χ1) is 8.39. The maximum atomic E-state index is 11.5. The molecule has 0 saturated carbocycles. The fraction of sp³-hybridized carbons (Fsp3) is 0.571. The Morgan fingerprint density at radius 2 is 2.28 bits per heavy atom. The molecule has 18 heavy (non-hydrogen) atoms. The Labute approximate surface area is 107 Å². The van der Waals surface area contributed by atoms with Crippen molar-refractivity contribution in [3.05, 3.63) is 0 Å². The number of hydrogen-bond acceptors (Lipinski definition) is 7. The molecule has 0 spiro atoms. The lowest BCUT2D eigenvalue weighted by atomic mass is 10.1. The second kappa shape index (κ2) is 4.74. The lowest BCUT2D eigenvalue weighted by Crippen LogP contribution is -2.65. The number of β-lactam (4-membered cyclic amide) rings is 1. The minimum absolute atomic E-state index is 0.00980. The summed E-state index contributed by atoms with van der Waals surface area (Å²) in [5.74, 6) is 0.0842. The van der Waals surface area contributed by atoms with Gasteiger partial charge in [-0.05, 0) is 0 Å². The number of nitrogens with two attached hydrogens (primary N) is 1. The molecular formula is C7H11N5O4S2. The number of amidine groups is 1. The molecule has 0 aliphatic carbocycles. The van der Waals surface area contributed by atoms with E-state index in [2.05, 4.69) is 9.71 Å². The van der Waals surface area contributed by atoms with Gasteiger partial charge in [-0.15, -0.1) is 0 Å². The van der Waals surface area contributed by atoms with Crippen LogP contribution < -0.4 is 15.2 Å². The number of nitrogens with one attached hydrogen (secondary N) is 2. The zero-order valence-corrected chi connectivity index (χ0v) is 10.8. The van der Waals surface area contributed by atoms with Crippen LogP contribution >= 0.6 is 11.8 Å². The van der Waals surface area contributed by atoms with Crippen molar-refractivity contribution in [3.63, 3.8) is 0 Å². The molecule has 2 rings (SSSR count). The molecule has 0 aromatic heterocycles. The summed E-state index contributed by atoms with van der Waals surface area (Å²) in [5, 5.41) is 0.224. The Balaban J connectivity index is 1.92. The second-order valence-corrected chi connectivity index (χ2v) is 6.10. The molecule has 2 aliphatic rings. The van der Waals surface area contributed by atoms with Gasteiger partial charge in [0, 0.05) is 5.75 Å². The van der Waals surface area contributed by atoms with Crippen molar-refractivity contribution in [2.45, 2.75) is 6.04 Å². The number of thioether (sulfide) groups is 1. The predicted octanol–water partition coefficient (Wildman–Crippen LogP) is -2.20. The summed E-state index contributed by atoms with van der Waals surface area (Å²) in [7, 11) is -4.06. The van der Waals surface area contributed by atoms with Crippen molar-refractivity contribution in [1.29, 1.82) is 0 Å². The topological polar surface area (TPSA) is 134 Å². The third-order valence-electron chi connectivity index (χ3n) is 2.24. The van der Waals surface area contributed by atoms with Gasteiger partial charge in [0.05, 0.1) is 13.1 Å². The lowest BCUT2D eigenvalue weighted by Gasteiger charge is -2.33. The maximum Gasteiger partial charge on any atom is 0.339 e. The van der Waals surface area contributed by atoms with Crippen molar-refractivity contribution in [2.24, 2.45) is 10.7 Å². The molecule has 0 aromatic rings. The van der Waals surface area contributed by atoms with Crippen LogP contribution in [0.4, 0.5) is 4.79 Å². The van der Waals surface area contributed by atoms with Gasteiger partial charge < -0.3 is 5.73 Å². The summed E-state index contributed by atoms with van der Waals surface area (Å²) < 4.78 is 26.9. The van der Waals surface area contributed by atoms with Gasteiger partial charge in [-0.2, -0.15) is 8.42 Å². The normalized spacial score (nSPS) is 23.4. The van der Waals surface area contributed by atoms with Crippen LogP contribution in [-0.4, -0.2) is 55.3 Å². The van der Waals surface area contributed by atoms with E-state index < -0.39 is 28.2 Å². The highest BCUT2D eigenvalue weighted by Gasteiger charge is 2.39. The van der Waals surface area contributed by atoms with Gasteiger partial charge >= 0.3 is 16.2 Å².